The fourth-order valence-electron chi connectivity index (χ4n) is 2.72. The van der Waals surface area contributed by atoms with E-state index in [0.29, 0.717) is 13.1 Å². The van der Waals surface area contributed by atoms with Crippen LogP contribution in [-0.2, 0) is 9.53 Å². The molecule has 1 atom stereocenters. The van der Waals surface area contributed by atoms with Crippen molar-refractivity contribution in [2.45, 2.75) is 45.6 Å². The van der Waals surface area contributed by atoms with Crippen molar-refractivity contribution in [3.8, 4) is 0 Å². The zero-order valence-corrected chi connectivity index (χ0v) is 11.4. The highest BCUT2D eigenvalue weighted by molar-refractivity contribution is 5.85. The van der Waals surface area contributed by atoms with Crippen LogP contribution in [0.15, 0.2) is 0 Å². The molecule has 2 heterocycles. The van der Waals surface area contributed by atoms with Crippen molar-refractivity contribution in [3.63, 3.8) is 0 Å². The number of ether oxygens (including phenoxy) is 1. The summed E-state index contributed by atoms with van der Waals surface area (Å²) in [7, 11) is 0. The van der Waals surface area contributed by atoms with Gasteiger partial charge in [-0.1, -0.05) is 0 Å². The van der Waals surface area contributed by atoms with Gasteiger partial charge in [-0.25, -0.2) is 4.79 Å². The largest absolute Gasteiger partial charge is 0.444 e. The van der Waals surface area contributed by atoms with Crippen LogP contribution in [0.4, 0.5) is 4.79 Å². The van der Waals surface area contributed by atoms with Crippen LogP contribution < -0.4 is 5.32 Å². The van der Waals surface area contributed by atoms with Crippen molar-refractivity contribution in [2.75, 3.05) is 19.6 Å². The fourth-order valence-corrected chi connectivity index (χ4v) is 2.72. The molecule has 0 aliphatic carbocycles. The van der Waals surface area contributed by atoms with Crippen molar-refractivity contribution in [3.05, 3.63) is 0 Å². The Labute approximate surface area is 108 Å². The molecule has 1 N–H and O–H groups in total. The van der Waals surface area contributed by atoms with Crippen molar-refractivity contribution >= 4 is 12.0 Å². The van der Waals surface area contributed by atoms with Crippen LogP contribution >= 0.6 is 0 Å². The summed E-state index contributed by atoms with van der Waals surface area (Å²) in [6, 6.07) is 0. The number of nitrogens with zero attached hydrogens (tertiary/aromatic N) is 1. The molecular formula is C13H22N2O3. The molecular weight excluding hydrogens is 232 g/mol. The molecule has 5 heteroatoms. The van der Waals surface area contributed by atoms with Crippen molar-refractivity contribution in [2.24, 2.45) is 5.41 Å². The molecule has 1 spiro atoms. The Hall–Kier alpha value is -1.26. The molecule has 0 aromatic heterocycles. The molecule has 0 unspecified atom stereocenters. The Bertz CT molecular complexity index is 362. The van der Waals surface area contributed by atoms with Crippen LogP contribution in [0.2, 0.25) is 0 Å². The van der Waals surface area contributed by atoms with Gasteiger partial charge in [-0.2, -0.15) is 0 Å². The average molecular weight is 254 g/mol. The maximum atomic E-state index is 12.0. The van der Waals surface area contributed by atoms with E-state index in [1.807, 2.05) is 20.8 Å². The Balaban J connectivity index is 2.03. The lowest BCUT2D eigenvalue weighted by Gasteiger charge is -2.38. The smallest absolute Gasteiger partial charge is 0.410 e. The number of nitrogens with one attached hydrogen (secondary N) is 1. The topological polar surface area (TPSA) is 58.6 Å². The van der Waals surface area contributed by atoms with E-state index < -0.39 is 5.60 Å². The number of hydrogen-bond acceptors (Lipinski definition) is 3. The van der Waals surface area contributed by atoms with E-state index in [1.165, 1.54) is 0 Å². The highest BCUT2D eigenvalue weighted by Gasteiger charge is 2.46. The summed E-state index contributed by atoms with van der Waals surface area (Å²) in [4.78, 5) is 25.6. The van der Waals surface area contributed by atoms with Crippen molar-refractivity contribution < 1.29 is 14.3 Å². The second-order valence-electron chi connectivity index (χ2n) is 6.29. The summed E-state index contributed by atoms with van der Waals surface area (Å²) < 4.78 is 5.37. The van der Waals surface area contributed by atoms with Crippen molar-refractivity contribution in [1.82, 2.24) is 10.2 Å². The van der Waals surface area contributed by atoms with Gasteiger partial charge in [-0.3, -0.25) is 4.79 Å². The average Bonchev–Trinajstić information content (AvgIpc) is 2.58. The predicted molar refractivity (Wildman–Crippen MR) is 67.1 cm³/mol. The van der Waals surface area contributed by atoms with Gasteiger partial charge >= 0.3 is 6.09 Å². The molecule has 2 saturated heterocycles. The highest BCUT2D eigenvalue weighted by Crippen LogP contribution is 2.36. The third-order valence-corrected chi connectivity index (χ3v) is 3.60. The molecule has 2 fully saturated rings. The van der Waals surface area contributed by atoms with E-state index in [9.17, 15) is 9.59 Å². The molecule has 102 valence electrons. The molecule has 5 nitrogen and oxygen atoms in total. The third-order valence-electron chi connectivity index (χ3n) is 3.60. The Kier molecular flexibility index (Phi) is 3.25. The fraction of sp³-hybridized carbons (Fsp3) is 0.846. The third kappa shape index (κ3) is 2.60. The molecule has 2 aliphatic rings. The van der Waals surface area contributed by atoms with Gasteiger partial charge in [0, 0.05) is 19.6 Å². The van der Waals surface area contributed by atoms with Crippen LogP contribution in [0.1, 0.15) is 40.0 Å². The first-order valence-corrected chi connectivity index (χ1v) is 6.59. The van der Waals surface area contributed by atoms with E-state index in [4.69, 9.17) is 4.74 Å². The molecule has 2 aliphatic heterocycles. The number of hydrogen-bond donors (Lipinski definition) is 1. The zero-order chi connectivity index (χ0) is 13.4. The molecule has 0 saturated carbocycles. The molecule has 0 radical (unpaired) electrons. The first-order chi connectivity index (χ1) is 8.32. The van der Waals surface area contributed by atoms with Crippen LogP contribution in [0.5, 0.6) is 0 Å². The van der Waals surface area contributed by atoms with Gasteiger partial charge in [0.1, 0.15) is 5.60 Å². The SMILES string of the molecule is CC(C)(C)OC(=O)N1CCC[C@@]2(CCNC2=O)C1. The van der Waals surface area contributed by atoms with Crippen LogP contribution in [0, 0.1) is 5.41 Å². The van der Waals surface area contributed by atoms with Gasteiger partial charge < -0.3 is 15.0 Å². The van der Waals surface area contributed by atoms with Crippen molar-refractivity contribution in [1.29, 1.82) is 0 Å². The highest BCUT2D eigenvalue weighted by atomic mass is 16.6. The lowest BCUT2D eigenvalue weighted by Crippen LogP contribution is -2.50. The lowest BCUT2D eigenvalue weighted by atomic mass is 9.79. The number of likely N-dealkylation sites (tertiary alicyclic amines) is 1. The summed E-state index contributed by atoms with van der Waals surface area (Å²) >= 11 is 0. The number of rotatable bonds is 0. The van der Waals surface area contributed by atoms with Gasteiger partial charge in [-0.05, 0) is 40.0 Å². The van der Waals surface area contributed by atoms with Gasteiger partial charge in [0.05, 0.1) is 5.41 Å². The number of carbonyl (C=O) groups is 2. The molecule has 0 aromatic rings. The second-order valence-corrected chi connectivity index (χ2v) is 6.29. The van der Waals surface area contributed by atoms with Gasteiger partial charge in [0.25, 0.3) is 0 Å². The maximum absolute atomic E-state index is 12.0. The summed E-state index contributed by atoms with van der Waals surface area (Å²) in [5.41, 5.74) is -0.852. The number of amides is 2. The van der Waals surface area contributed by atoms with E-state index >= 15 is 0 Å². The quantitative estimate of drug-likeness (QED) is 0.713. The van der Waals surface area contributed by atoms with E-state index in [2.05, 4.69) is 5.32 Å². The monoisotopic (exact) mass is 254 g/mol. The second kappa shape index (κ2) is 4.44. The molecule has 0 aromatic carbocycles. The maximum Gasteiger partial charge on any atom is 0.410 e. The Morgan fingerprint density at radius 3 is 2.67 bits per heavy atom. The first-order valence-electron chi connectivity index (χ1n) is 6.59. The van der Waals surface area contributed by atoms with Gasteiger partial charge in [0.15, 0.2) is 0 Å². The van der Waals surface area contributed by atoms with Crippen LogP contribution in [-0.4, -0.2) is 42.1 Å². The van der Waals surface area contributed by atoms with E-state index in [-0.39, 0.29) is 17.4 Å². The minimum absolute atomic E-state index is 0.0933. The zero-order valence-electron chi connectivity index (χ0n) is 11.4. The lowest BCUT2D eigenvalue weighted by molar-refractivity contribution is -0.130. The number of piperidine rings is 1. The first kappa shape index (κ1) is 13.2. The molecule has 2 rings (SSSR count). The van der Waals surface area contributed by atoms with Gasteiger partial charge in [0.2, 0.25) is 5.91 Å². The summed E-state index contributed by atoms with van der Waals surface area (Å²) in [6.45, 7) is 7.46. The van der Waals surface area contributed by atoms with Gasteiger partial charge in [-0.15, -0.1) is 0 Å². The molecule has 18 heavy (non-hydrogen) atoms. The normalized spacial score (nSPS) is 28.4. The minimum Gasteiger partial charge on any atom is -0.444 e. The molecule has 0 bridgehead atoms. The Morgan fingerprint density at radius 2 is 2.11 bits per heavy atom. The summed E-state index contributed by atoms with van der Waals surface area (Å²) in [5, 5.41) is 2.87. The Morgan fingerprint density at radius 1 is 1.39 bits per heavy atom. The minimum atomic E-state index is -0.486. The van der Waals surface area contributed by atoms with E-state index in [0.717, 1.165) is 25.8 Å². The standard InChI is InChI=1S/C13H22N2O3/c1-12(2,3)18-11(17)15-8-4-5-13(9-15)6-7-14-10(13)16/h4-9H2,1-3H3,(H,14,16)/t13-/m1/s1. The molecule has 2 amide bonds. The number of carbonyl (C=O) groups excluding carboxylic acids is 2. The summed E-state index contributed by atoms with van der Waals surface area (Å²) in [5.74, 6) is 0.0933. The van der Waals surface area contributed by atoms with Crippen LogP contribution in [0.3, 0.4) is 0 Å². The summed E-state index contributed by atoms with van der Waals surface area (Å²) in [6.07, 6.45) is 2.26. The van der Waals surface area contributed by atoms with E-state index in [1.54, 1.807) is 4.90 Å². The predicted octanol–water partition coefficient (Wildman–Crippen LogP) is 1.52. The van der Waals surface area contributed by atoms with Crippen LogP contribution in [0.25, 0.3) is 0 Å².